The maximum absolute atomic E-state index is 13.8. The van der Waals surface area contributed by atoms with E-state index in [1.165, 1.54) is 28.8 Å². The fourth-order valence-corrected chi connectivity index (χ4v) is 4.06. The van der Waals surface area contributed by atoms with Crippen LogP contribution in [0.4, 0.5) is 14.9 Å². The molecule has 6 nitrogen and oxygen atoms in total. The van der Waals surface area contributed by atoms with E-state index in [9.17, 15) is 14.0 Å². The Labute approximate surface area is 179 Å². The van der Waals surface area contributed by atoms with Crippen molar-refractivity contribution in [2.75, 3.05) is 10.7 Å². The van der Waals surface area contributed by atoms with E-state index in [1.807, 2.05) is 0 Å². The maximum atomic E-state index is 13.8. The number of hydrogen-bond acceptors (Lipinski definition) is 5. The molecule has 3 rings (SSSR count). The number of halogens is 1. The zero-order valence-corrected chi connectivity index (χ0v) is 17.8. The van der Waals surface area contributed by atoms with Crippen LogP contribution in [0.2, 0.25) is 0 Å². The Morgan fingerprint density at radius 3 is 2.63 bits per heavy atom. The van der Waals surface area contributed by atoms with E-state index in [0.29, 0.717) is 16.1 Å². The van der Waals surface area contributed by atoms with Crippen molar-refractivity contribution in [2.45, 2.75) is 43.9 Å². The fourth-order valence-electron chi connectivity index (χ4n) is 2.96. The van der Waals surface area contributed by atoms with Crippen molar-refractivity contribution in [3.8, 4) is 6.07 Å². The third-order valence-electron chi connectivity index (χ3n) is 4.30. The molecule has 1 atom stereocenters. The van der Waals surface area contributed by atoms with Crippen LogP contribution in [-0.4, -0.2) is 29.4 Å². The number of nitrogens with zero attached hydrogens (tertiary/aromatic N) is 2. The molecule has 0 spiro atoms. The molecule has 0 fully saturated rings. The molecule has 156 valence electrons. The van der Waals surface area contributed by atoms with Crippen LogP contribution in [0.3, 0.4) is 0 Å². The van der Waals surface area contributed by atoms with Gasteiger partial charge in [-0.15, -0.1) is 11.8 Å². The molecule has 30 heavy (non-hydrogen) atoms. The molecule has 2 aromatic rings. The topological polar surface area (TPSA) is 82.4 Å². The average molecular weight is 428 g/mol. The summed E-state index contributed by atoms with van der Waals surface area (Å²) in [6.45, 7) is 5.44. The Morgan fingerprint density at radius 2 is 2.00 bits per heavy atom. The molecule has 0 aromatic heterocycles. The highest BCUT2D eigenvalue weighted by atomic mass is 32.2. The standard InChI is InChI=1S/C22H22FN3O3S/c1-22(2,3)29-21(28)25-17-13-30-19-10-16(23)8-9-18(19)26(20(17)27)12-15-6-4-14(11-24)5-7-15/h4-10,17H,12-13H2,1-3H3,(H,25,28)/t17-/m0/s1. The van der Waals surface area contributed by atoms with Gasteiger partial charge < -0.3 is 15.0 Å². The monoisotopic (exact) mass is 427 g/mol. The predicted molar refractivity (Wildman–Crippen MR) is 113 cm³/mol. The second-order valence-electron chi connectivity index (χ2n) is 7.85. The zero-order chi connectivity index (χ0) is 21.9. The van der Waals surface area contributed by atoms with Gasteiger partial charge in [0.2, 0.25) is 0 Å². The van der Waals surface area contributed by atoms with Crippen molar-refractivity contribution < 1.29 is 18.7 Å². The molecule has 0 saturated heterocycles. The largest absolute Gasteiger partial charge is 0.444 e. The number of nitriles is 1. The van der Waals surface area contributed by atoms with Crippen LogP contribution in [0.25, 0.3) is 0 Å². The molecule has 0 aliphatic carbocycles. The Morgan fingerprint density at radius 1 is 1.30 bits per heavy atom. The first-order valence-corrected chi connectivity index (χ1v) is 10.4. The van der Waals surface area contributed by atoms with Crippen molar-refractivity contribution >= 4 is 29.4 Å². The molecule has 2 aromatic carbocycles. The number of rotatable bonds is 3. The van der Waals surface area contributed by atoms with Crippen LogP contribution in [-0.2, 0) is 16.1 Å². The molecule has 1 aliphatic heterocycles. The lowest BCUT2D eigenvalue weighted by Crippen LogP contribution is -2.50. The quantitative estimate of drug-likeness (QED) is 0.793. The Hall–Kier alpha value is -3.05. The van der Waals surface area contributed by atoms with Gasteiger partial charge in [0, 0.05) is 10.6 Å². The summed E-state index contributed by atoms with van der Waals surface area (Å²) in [6.07, 6.45) is -0.683. The number of benzene rings is 2. The number of anilines is 1. The smallest absolute Gasteiger partial charge is 0.408 e. The minimum absolute atomic E-state index is 0.218. The first kappa shape index (κ1) is 21.7. The highest BCUT2D eigenvalue weighted by Gasteiger charge is 2.33. The summed E-state index contributed by atoms with van der Waals surface area (Å²) in [4.78, 5) is 27.7. The molecule has 0 unspecified atom stereocenters. The molecule has 0 bridgehead atoms. The van der Waals surface area contributed by atoms with Gasteiger partial charge in [-0.05, 0) is 56.7 Å². The van der Waals surface area contributed by atoms with Crippen molar-refractivity contribution in [2.24, 2.45) is 0 Å². The van der Waals surface area contributed by atoms with Crippen molar-refractivity contribution in [1.29, 1.82) is 5.26 Å². The minimum Gasteiger partial charge on any atom is -0.444 e. The summed E-state index contributed by atoms with van der Waals surface area (Å²) < 4.78 is 19.1. The number of fused-ring (bicyclic) bond motifs is 1. The van der Waals surface area contributed by atoms with Crippen LogP contribution in [0, 0.1) is 17.1 Å². The van der Waals surface area contributed by atoms with Crippen molar-refractivity contribution in [3.05, 3.63) is 59.4 Å². The number of carbonyl (C=O) groups excluding carboxylic acids is 2. The van der Waals surface area contributed by atoms with Crippen molar-refractivity contribution in [1.82, 2.24) is 5.32 Å². The van der Waals surface area contributed by atoms with Crippen LogP contribution in [0.5, 0.6) is 0 Å². The van der Waals surface area contributed by atoms with E-state index >= 15 is 0 Å². The summed E-state index contributed by atoms with van der Waals surface area (Å²) in [6, 6.07) is 12.4. The van der Waals surface area contributed by atoms with Gasteiger partial charge in [0.05, 0.1) is 23.9 Å². The van der Waals surface area contributed by atoms with E-state index in [4.69, 9.17) is 10.00 Å². The van der Waals surface area contributed by atoms with E-state index in [0.717, 1.165) is 5.56 Å². The highest BCUT2D eigenvalue weighted by molar-refractivity contribution is 7.99. The lowest BCUT2D eigenvalue weighted by molar-refractivity contribution is -0.120. The third-order valence-corrected chi connectivity index (χ3v) is 5.43. The predicted octanol–water partition coefficient (Wildman–Crippen LogP) is 4.23. The van der Waals surface area contributed by atoms with Gasteiger partial charge in [0.1, 0.15) is 17.5 Å². The van der Waals surface area contributed by atoms with Gasteiger partial charge in [0.15, 0.2) is 0 Å². The summed E-state index contributed by atoms with van der Waals surface area (Å²) in [5.74, 6) is -0.466. The van der Waals surface area contributed by atoms with Gasteiger partial charge >= 0.3 is 6.09 Å². The number of carbonyl (C=O) groups is 2. The third kappa shape index (κ3) is 5.30. The maximum Gasteiger partial charge on any atom is 0.408 e. The highest BCUT2D eigenvalue weighted by Crippen LogP contribution is 2.36. The van der Waals surface area contributed by atoms with Crippen LogP contribution in [0.15, 0.2) is 47.4 Å². The number of ether oxygens (including phenoxy) is 1. The molecule has 0 radical (unpaired) electrons. The van der Waals surface area contributed by atoms with Crippen LogP contribution < -0.4 is 10.2 Å². The molecule has 0 saturated carbocycles. The summed E-state index contributed by atoms with van der Waals surface area (Å²) in [5.41, 5.74) is 1.20. The zero-order valence-electron chi connectivity index (χ0n) is 16.9. The number of alkyl carbamates (subject to hydrolysis) is 1. The Bertz CT molecular complexity index is 996. The number of amides is 2. The number of hydrogen-bond donors (Lipinski definition) is 1. The fraction of sp³-hybridized carbons (Fsp3) is 0.318. The van der Waals surface area contributed by atoms with E-state index in [-0.39, 0.29) is 18.2 Å². The van der Waals surface area contributed by atoms with Crippen LogP contribution in [0.1, 0.15) is 31.9 Å². The van der Waals surface area contributed by atoms with Crippen molar-refractivity contribution in [3.63, 3.8) is 0 Å². The second-order valence-corrected chi connectivity index (χ2v) is 8.92. The SMILES string of the molecule is CC(C)(C)OC(=O)N[C@H]1CSc2cc(F)ccc2N(Cc2ccc(C#N)cc2)C1=O. The first-order valence-electron chi connectivity index (χ1n) is 9.38. The van der Waals surface area contributed by atoms with Gasteiger partial charge in [-0.1, -0.05) is 12.1 Å². The molecule has 1 heterocycles. The Kier molecular flexibility index (Phi) is 6.32. The molecule has 1 aliphatic rings. The molecule has 8 heteroatoms. The lowest BCUT2D eigenvalue weighted by Gasteiger charge is -2.27. The van der Waals surface area contributed by atoms with Gasteiger partial charge in [-0.3, -0.25) is 4.79 Å². The average Bonchev–Trinajstić information content (AvgIpc) is 2.79. The summed E-state index contributed by atoms with van der Waals surface area (Å²) >= 11 is 1.30. The lowest BCUT2D eigenvalue weighted by atomic mass is 10.1. The first-order chi connectivity index (χ1) is 14.2. The summed E-state index contributed by atoms with van der Waals surface area (Å²) in [5, 5.41) is 11.6. The van der Waals surface area contributed by atoms with E-state index in [2.05, 4.69) is 11.4 Å². The molecule has 2 amide bonds. The minimum atomic E-state index is -0.835. The van der Waals surface area contributed by atoms with Crippen LogP contribution >= 0.6 is 11.8 Å². The number of thioether (sulfide) groups is 1. The van der Waals surface area contributed by atoms with E-state index < -0.39 is 23.6 Å². The molecular weight excluding hydrogens is 405 g/mol. The normalized spacial score (nSPS) is 16.3. The van der Waals surface area contributed by atoms with Gasteiger partial charge in [-0.2, -0.15) is 5.26 Å². The summed E-state index contributed by atoms with van der Waals surface area (Å²) in [7, 11) is 0. The van der Waals surface area contributed by atoms with Gasteiger partial charge in [-0.25, -0.2) is 9.18 Å². The Balaban J connectivity index is 1.90. The van der Waals surface area contributed by atoms with Gasteiger partial charge in [0.25, 0.3) is 5.91 Å². The van der Waals surface area contributed by atoms with E-state index in [1.54, 1.807) is 51.1 Å². The molecule has 1 N–H and O–H groups in total. The molecular formula is C22H22FN3O3S. The number of nitrogens with one attached hydrogen (secondary N) is 1. The second kappa shape index (κ2) is 8.76.